The lowest BCUT2D eigenvalue weighted by molar-refractivity contribution is 0.0997. The summed E-state index contributed by atoms with van der Waals surface area (Å²) in [7, 11) is -4.17. The van der Waals surface area contributed by atoms with Crippen molar-refractivity contribution in [2.24, 2.45) is 5.73 Å². The zero-order chi connectivity index (χ0) is 25.9. The quantitative estimate of drug-likeness (QED) is 0.390. The summed E-state index contributed by atoms with van der Waals surface area (Å²) in [6.07, 6.45) is 5.35. The summed E-state index contributed by atoms with van der Waals surface area (Å²) in [6, 6.07) is 15.3. The predicted octanol–water partition coefficient (Wildman–Crippen LogP) is 4.35. The van der Waals surface area contributed by atoms with Gasteiger partial charge in [-0.1, -0.05) is 36.4 Å². The van der Waals surface area contributed by atoms with Crippen LogP contribution in [0.15, 0.2) is 71.6 Å². The summed E-state index contributed by atoms with van der Waals surface area (Å²) in [4.78, 5) is 11.6. The number of nitrogens with one attached hydrogen (secondary N) is 2. The molecule has 1 aliphatic rings. The molecule has 1 aliphatic heterocycles. The van der Waals surface area contributed by atoms with Crippen LogP contribution >= 0.6 is 0 Å². The zero-order valence-corrected chi connectivity index (χ0v) is 20.9. The molecule has 4 bridgehead atoms. The van der Waals surface area contributed by atoms with Gasteiger partial charge >= 0.3 is 0 Å². The Balaban J connectivity index is 1.85. The van der Waals surface area contributed by atoms with E-state index in [1.165, 1.54) is 6.07 Å². The molecule has 1 heterocycles. The van der Waals surface area contributed by atoms with Crippen LogP contribution in [0.5, 0.6) is 11.5 Å². The van der Waals surface area contributed by atoms with Crippen LogP contribution in [0.2, 0.25) is 0 Å². The number of sulfonamides is 1. The van der Waals surface area contributed by atoms with Gasteiger partial charge in [-0.15, -0.1) is 0 Å². The van der Waals surface area contributed by atoms with Gasteiger partial charge in [-0.2, -0.15) is 0 Å². The number of primary amides is 1. The highest BCUT2D eigenvalue weighted by molar-refractivity contribution is 7.92. The highest BCUT2D eigenvalue weighted by Crippen LogP contribution is 2.33. The molecule has 3 aromatic rings. The summed E-state index contributed by atoms with van der Waals surface area (Å²) in [6.45, 7) is 4.16. The smallest absolute Gasteiger partial charge is 0.263 e. The number of ether oxygens (including phenoxy) is 1. The topological polar surface area (TPSA) is 131 Å². The van der Waals surface area contributed by atoms with Crippen LogP contribution in [0.4, 0.5) is 11.4 Å². The van der Waals surface area contributed by atoms with Gasteiger partial charge in [0, 0.05) is 18.3 Å². The van der Waals surface area contributed by atoms with Crippen LogP contribution in [0.1, 0.15) is 40.9 Å². The summed E-state index contributed by atoms with van der Waals surface area (Å²) in [5.74, 6) is -0.673. The Hall–Kier alpha value is -3.98. The van der Waals surface area contributed by atoms with E-state index in [2.05, 4.69) is 16.1 Å². The average Bonchev–Trinajstić information content (AvgIpc) is 2.81. The molecule has 0 atom stereocenters. The van der Waals surface area contributed by atoms with Crippen molar-refractivity contribution in [1.82, 2.24) is 0 Å². The number of hydrogen-bond donors (Lipinski definition) is 4. The SMILES string of the molecule is CC(C)Oc1ccc2cc1C/C=C\Cc1cccc(c1)CNc1cc(O)c(C(N)=O)cc1S(=O)(=O)N2. The maximum absolute atomic E-state index is 13.5. The number of phenols is 1. The van der Waals surface area contributed by atoms with Crippen molar-refractivity contribution in [1.29, 1.82) is 0 Å². The van der Waals surface area contributed by atoms with E-state index in [0.29, 0.717) is 24.4 Å². The molecule has 0 aromatic heterocycles. The number of benzene rings is 3. The normalized spacial score (nSPS) is 15.8. The Morgan fingerprint density at radius 2 is 1.78 bits per heavy atom. The minimum atomic E-state index is -4.17. The maximum Gasteiger partial charge on any atom is 0.263 e. The fraction of sp³-hybridized carbons (Fsp3) is 0.222. The fourth-order valence-electron chi connectivity index (χ4n) is 4.00. The number of rotatable bonds is 3. The van der Waals surface area contributed by atoms with Gasteiger partial charge in [-0.3, -0.25) is 9.52 Å². The summed E-state index contributed by atoms with van der Waals surface area (Å²) in [5.41, 5.74) is 8.42. The molecular weight excluding hydrogens is 478 g/mol. The molecule has 0 saturated carbocycles. The Morgan fingerprint density at radius 3 is 2.53 bits per heavy atom. The maximum atomic E-state index is 13.5. The molecule has 0 spiro atoms. The van der Waals surface area contributed by atoms with Crippen LogP contribution in [-0.4, -0.2) is 25.5 Å². The van der Waals surface area contributed by atoms with Crippen molar-refractivity contribution in [3.63, 3.8) is 0 Å². The largest absolute Gasteiger partial charge is 0.507 e. The molecule has 188 valence electrons. The lowest BCUT2D eigenvalue weighted by atomic mass is 10.1. The first-order valence-electron chi connectivity index (χ1n) is 11.6. The first kappa shape index (κ1) is 25.1. The predicted molar refractivity (Wildman–Crippen MR) is 140 cm³/mol. The van der Waals surface area contributed by atoms with Crippen LogP contribution in [0.25, 0.3) is 0 Å². The van der Waals surface area contributed by atoms with Gasteiger partial charge in [-0.25, -0.2) is 8.42 Å². The van der Waals surface area contributed by atoms with Gasteiger partial charge in [0.25, 0.3) is 15.9 Å². The summed E-state index contributed by atoms with van der Waals surface area (Å²) in [5, 5.41) is 13.4. The first-order chi connectivity index (χ1) is 17.1. The summed E-state index contributed by atoms with van der Waals surface area (Å²) < 4.78 is 35.5. The van der Waals surface area contributed by atoms with Gasteiger partial charge in [0.1, 0.15) is 16.4 Å². The molecular formula is C27H29N3O5S. The average molecular weight is 508 g/mol. The Kier molecular flexibility index (Phi) is 7.21. The third kappa shape index (κ3) is 5.80. The minimum Gasteiger partial charge on any atom is -0.507 e. The molecule has 0 saturated heterocycles. The molecule has 8 nitrogen and oxygen atoms in total. The van der Waals surface area contributed by atoms with Crippen molar-refractivity contribution in [3.05, 3.63) is 89.0 Å². The number of carbonyl (C=O) groups excluding carboxylic acids is 1. The van der Waals surface area contributed by atoms with E-state index in [0.717, 1.165) is 29.2 Å². The first-order valence-corrected chi connectivity index (χ1v) is 13.1. The number of nitrogens with two attached hydrogens (primary N) is 1. The van der Waals surface area contributed by atoms with E-state index in [1.54, 1.807) is 18.2 Å². The van der Waals surface area contributed by atoms with Crippen molar-refractivity contribution >= 4 is 27.3 Å². The number of amides is 1. The molecule has 5 N–H and O–H groups in total. The second kappa shape index (κ2) is 10.3. The number of hydrogen-bond acceptors (Lipinski definition) is 6. The van der Waals surface area contributed by atoms with Gasteiger partial charge in [0.15, 0.2) is 0 Å². The van der Waals surface area contributed by atoms with E-state index in [9.17, 15) is 18.3 Å². The van der Waals surface area contributed by atoms with Gasteiger partial charge in [-0.05, 0) is 67.6 Å². The van der Waals surface area contributed by atoms with Gasteiger partial charge < -0.3 is 20.9 Å². The third-order valence-electron chi connectivity index (χ3n) is 5.66. The van der Waals surface area contributed by atoms with E-state index in [1.807, 2.05) is 44.2 Å². The van der Waals surface area contributed by atoms with Crippen molar-refractivity contribution in [2.75, 3.05) is 10.0 Å². The monoisotopic (exact) mass is 507 g/mol. The van der Waals surface area contributed by atoms with Crippen LogP contribution in [0.3, 0.4) is 0 Å². The lowest BCUT2D eigenvalue weighted by Crippen LogP contribution is -2.18. The van der Waals surface area contributed by atoms with Gasteiger partial charge in [0.05, 0.1) is 17.4 Å². The Bertz CT molecular complexity index is 1430. The number of carbonyl (C=O) groups is 1. The zero-order valence-electron chi connectivity index (χ0n) is 20.1. The molecule has 3 aromatic carbocycles. The Morgan fingerprint density at radius 1 is 1.03 bits per heavy atom. The highest BCUT2D eigenvalue weighted by atomic mass is 32.2. The van der Waals surface area contributed by atoms with E-state index in [4.69, 9.17) is 10.5 Å². The number of fused-ring (bicyclic) bond motifs is 5. The van der Waals surface area contributed by atoms with E-state index >= 15 is 0 Å². The fourth-order valence-corrected chi connectivity index (χ4v) is 5.24. The van der Waals surface area contributed by atoms with E-state index in [-0.39, 0.29) is 22.3 Å². The molecule has 0 unspecified atom stereocenters. The number of aromatic hydroxyl groups is 1. The van der Waals surface area contributed by atoms with E-state index < -0.39 is 21.7 Å². The summed E-state index contributed by atoms with van der Waals surface area (Å²) >= 11 is 0. The third-order valence-corrected chi connectivity index (χ3v) is 7.08. The standard InChI is InChI=1S/C27H29N3O5S/c1-17(2)35-25-11-10-21-13-20(25)9-4-3-6-18-7-5-8-19(12-18)16-29-23-15-24(31)22(27(28)32)14-26(23)36(33,34)30-21/h3-5,7-8,10-15,17,29-31H,6,9,16H2,1-2H3,(H2,28,32)/b4-3-. The van der Waals surface area contributed by atoms with Crippen molar-refractivity contribution in [3.8, 4) is 11.5 Å². The molecule has 0 fully saturated rings. The van der Waals surface area contributed by atoms with Gasteiger partial charge in [0.2, 0.25) is 0 Å². The molecule has 4 rings (SSSR count). The van der Waals surface area contributed by atoms with Crippen LogP contribution in [0, 0.1) is 0 Å². The second-order valence-electron chi connectivity index (χ2n) is 8.88. The van der Waals surface area contributed by atoms with Crippen LogP contribution < -0.4 is 20.5 Å². The molecule has 0 aliphatic carbocycles. The number of allylic oxidation sites excluding steroid dienone is 2. The Labute approximate surface area is 210 Å². The van der Waals surface area contributed by atoms with Crippen molar-refractivity contribution in [2.45, 2.75) is 44.2 Å². The molecule has 0 radical (unpaired) electrons. The molecule has 1 amide bonds. The number of anilines is 2. The lowest BCUT2D eigenvalue weighted by Gasteiger charge is -2.18. The minimum absolute atomic E-state index is 0.0475. The molecule has 36 heavy (non-hydrogen) atoms. The second-order valence-corrected chi connectivity index (χ2v) is 10.5. The van der Waals surface area contributed by atoms with Crippen LogP contribution in [-0.2, 0) is 29.4 Å². The molecule has 9 heteroatoms. The highest BCUT2D eigenvalue weighted by Gasteiger charge is 2.24. The van der Waals surface area contributed by atoms with Crippen molar-refractivity contribution < 1.29 is 23.1 Å².